The van der Waals surface area contributed by atoms with Crippen LogP contribution >= 0.6 is 0 Å². The van der Waals surface area contributed by atoms with Crippen molar-refractivity contribution < 1.29 is 4.74 Å². The lowest BCUT2D eigenvalue weighted by atomic mass is 10.0. The van der Waals surface area contributed by atoms with Crippen molar-refractivity contribution in [2.45, 2.75) is 37.5 Å². The average Bonchev–Trinajstić information content (AvgIpc) is 2.77. The van der Waals surface area contributed by atoms with Crippen molar-refractivity contribution in [2.24, 2.45) is 0 Å². The monoisotopic (exact) mass is 203 g/mol. The van der Waals surface area contributed by atoms with Gasteiger partial charge in [-0.3, -0.25) is 0 Å². The molecule has 3 unspecified atom stereocenters. The van der Waals surface area contributed by atoms with Gasteiger partial charge in [-0.1, -0.05) is 30.3 Å². The fraction of sp³-hybridized carbons (Fsp3) is 0.538. The Morgan fingerprint density at radius 3 is 2.87 bits per heavy atom. The van der Waals surface area contributed by atoms with Crippen LogP contribution in [-0.2, 0) is 4.74 Å². The molecular weight excluding hydrogens is 186 g/mol. The minimum Gasteiger partial charge on any atom is -0.375 e. The van der Waals surface area contributed by atoms with E-state index in [9.17, 15) is 0 Å². The van der Waals surface area contributed by atoms with Gasteiger partial charge in [0.1, 0.15) is 0 Å². The summed E-state index contributed by atoms with van der Waals surface area (Å²) in [6.45, 7) is 0.825. The molecule has 0 aromatic heterocycles. The van der Waals surface area contributed by atoms with Crippen molar-refractivity contribution in [1.29, 1.82) is 0 Å². The van der Waals surface area contributed by atoms with E-state index in [2.05, 4.69) is 35.6 Å². The molecule has 3 rings (SSSR count). The fourth-order valence-corrected chi connectivity index (χ4v) is 2.72. The lowest BCUT2D eigenvalue weighted by Gasteiger charge is -2.34. The Labute approximate surface area is 90.6 Å². The van der Waals surface area contributed by atoms with Crippen molar-refractivity contribution in [3.63, 3.8) is 0 Å². The molecule has 1 heterocycles. The Hall–Kier alpha value is -0.860. The summed E-state index contributed by atoms with van der Waals surface area (Å²) in [6, 6.07) is 11.6. The molecule has 1 aliphatic carbocycles. The zero-order chi connectivity index (χ0) is 10.1. The number of benzene rings is 1. The van der Waals surface area contributed by atoms with Crippen LogP contribution in [0.2, 0.25) is 0 Å². The van der Waals surface area contributed by atoms with E-state index in [0.717, 1.165) is 6.61 Å². The minimum atomic E-state index is 0.394. The van der Waals surface area contributed by atoms with Crippen molar-refractivity contribution in [2.75, 3.05) is 6.61 Å². The molecular formula is C13H17NO. The van der Waals surface area contributed by atoms with Gasteiger partial charge < -0.3 is 10.1 Å². The summed E-state index contributed by atoms with van der Waals surface area (Å²) < 4.78 is 5.91. The second-order valence-electron chi connectivity index (χ2n) is 4.54. The van der Waals surface area contributed by atoms with Crippen LogP contribution in [0.5, 0.6) is 0 Å². The van der Waals surface area contributed by atoms with E-state index in [0.29, 0.717) is 18.2 Å². The van der Waals surface area contributed by atoms with E-state index in [-0.39, 0.29) is 0 Å². The van der Waals surface area contributed by atoms with E-state index in [1.165, 1.54) is 24.8 Å². The Morgan fingerprint density at radius 1 is 1.13 bits per heavy atom. The molecule has 2 fully saturated rings. The molecule has 0 radical (unpaired) electrons. The predicted octanol–water partition coefficient (Wildman–Crippen LogP) is 2.27. The molecule has 0 amide bonds. The van der Waals surface area contributed by atoms with Gasteiger partial charge in [-0.15, -0.1) is 0 Å². The van der Waals surface area contributed by atoms with Gasteiger partial charge in [-0.25, -0.2) is 0 Å². The van der Waals surface area contributed by atoms with Crippen molar-refractivity contribution in [1.82, 2.24) is 5.32 Å². The van der Waals surface area contributed by atoms with Gasteiger partial charge in [0.05, 0.1) is 18.8 Å². The highest BCUT2D eigenvalue weighted by atomic mass is 16.5. The maximum Gasteiger partial charge on any atom is 0.0729 e. The maximum absolute atomic E-state index is 5.91. The number of hydrogen-bond acceptors (Lipinski definition) is 2. The summed E-state index contributed by atoms with van der Waals surface area (Å²) in [5, 5.41) is 3.71. The second-order valence-corrected chi connectivity index (χ2v) is 4.54. The number of fused-ring (bicyclic) bond motifs is 1. The first-order chi connectivity index (χ1) is 7.43. The van der Waals surface area contributed by atoms with Gasteiger partial charge in [0.15, 0.2) is 0 Å². The number of ether oxygens (including phenoxy) is 1. The molecule has 1 aliphatic heterocycles. The molecule has 0 spiro atoms. The molecule has 0 bridgehead atoms. The molecule has 2 nitrogen and oxygen atoms in total. The average molecular weight is 203 g/mol. The lowest BCUT2D eigenvalue weighted by molar-refractivity contribution is -0.0140. The molecule has 80 valence electrons. The Balaban J connectivity index is 1.74. The van der Waals surface area contributed by atoms with Gasteiger partial charge >= 0.3 is 0 Å². The third kappa shape index (κ3) is 1.80. The standard InChI is InChI=1S/C13H17NO/c1-2-5-10(6-3-1)12-9-15-13-8-4-7-11(13)14-12/h1-3,5-6,11-14H,4,7-9H2. The quantitative estimate of drug-likeness (QED) is 0.756. The first-order valence-corrected chi connectivity index (χ1v) is 5.86. The van der Waals surface area contributed by atoms with E-state index >= 15 is 0 Å². The highest BCUT2D eigenvalue weighted by Crippen LogP contribution is 2.29. The Morgan fingerprint density at radius 2 is 2.00 bits per heavy atom. The Bertz CT molecular complexity index is 325. The minimum absolute atomic E-state index is 0.394. The number of morpholine rings is 1. The zero-order valence-electron chi connectivity index (χ0n) is 8.86. The maximum atomic E-state index is 5.91. The molecule has 3 atom stereocenters. The molecule has 2 heteroatoms. The molecule has 2 aliphatic rings. The lowest BCUT2D eigenvalue weighted by Crippen LogP contribution is -2.46. The van der Waals surface area contributed by atoms with E-state index in [1.54, 1.807) is 0 Å². The molecule has 1 aromatic rings. The van der Waals surface area contributed by atoms with Crippen LogP contribution in [0.3, 0.4) is 0 Å². The highest BCUT2D eigenvalue weighted by molar-refractivity contribution is 5.20. The van der Waals surface area contributed by atoms with Crippen LogP contribution in [0.25, 0.3) is 0 Å². The molecule has 15 heavy (non-hydrogen) atoms. The third-order valence-electron chi connectivity index (χ3n) is 3.55. The SMILES string of the molecule is c1ccc(C2COC3CCCC3N2)cc1. The summed E-state index contributed by atoms with van der Waals surface area (Å²) in [6.07, 6.45) is 4.29. The van der Waals surface area contributed by atoms with Crippen molar-refractivity contribution in [3.05, 3.63) is 35.9 Å². The predicted molar refractivity (Wildman–Crippen MR) is 59.7 cm³/mol. The zero-order valence-corrected chi connectivity index (χ0v) is 8.86. The van der Waals surface area contributed by atoms with Crippen LogP contribution in [-0.4, -0.2) is 18.8 Å². The second kappa shape index (κ2) is 3.95. The van der Waals surface area contributed by atoms with Crippen LogP contribution < -0.4 is 5.32 Å². The van der Waals surface area contributed by atoms with Gasteiger partial charge in [0, 0.05) is 6.04 Å². The summed E-state index contributed by atoms with van der Waals surface area (Å²) in [4.78, 5) is 0. The fourth-order valence-electron chi connectivity index (χ4n) is 2.72. The van der Waals surface area contributed by atoms with Crippen LogP contribution in [0.4, 0.5) is 0 Å². The van der Waals surface area contributed by atoms with Crippen molar-refractivity contribution >= 4 is 0 Å². The normalized spacial score (nSPS) is 35.1. The molecule has 1 saturated carbocycles. The van der Waals surface area contributed by atoms with E-state index in [1.807, 2.05) is 0 Å². The summed E-state index contributed by atoms with van der Waals surface area (Å²) in [7, 11) is 0. The van der Waals surface area contributed by atoms with Gasteiger partial charge in [0.25, 0.3) is 0 Å². The van der Waals surface area contributed by atoms with Crippen LogP contribution in [0, 0.1) is 0 Å². The molecule has 1 saturated heterocycles. The number of nitrogens with one attached hydrogen (secondary N) is 1. The topological polar surface area (TPSA) is 21.3 Å². The first-order valence-electron chi connectivity index (χ1n) is 5.86. The number of rotatable bonds is 1. The Kier molecular flexibility index (Phi) is 2.47. The largest absolute Gasteiger partial charge is 0.375 e. The van der Waals surface area contributed by atoms with E-state index in [4.69, 9.17) is 4.74 Å². The molecule has 1 N–H and O–H groups in total. The number of hydrogen-bond donors (Lipinski definition) is 1. The van der Waals surface area contributed by atoms with Crippen LogP contribution in [0.15, 0.2) is 30.3 Å². The summed E-state index contributed by atoms with van der Waals surface area (Å²) in [5.74, 6) is 0. The summed E-state index contributed by atoms with van der Waals surface area (Å²) in [5.41, 5.74) is 1.35. The molecule has 1 aromatic carbocycles. The van der Waals surface area contributed by atoms with Gasteiger partial charge in [-0.05, 0) is 24.8 Å². The highest BCUT2D eigenvalue weighted by Gasteiger charge is 2.34. The van der Waals surface area contributed by atoms with Gasteiger partial charge in [0.2, 0.25) is 0 Å². The van der Waals surface area contributed by atoms with E-state index < -0.39 is 0 Å². The summed E-state index contributed by atoms with van der Waals surface area (Å²) >= 11 is 0. The third-order valence-corrected chi connectivity index (χ3v) is 3.55. The van der Waals surface area contributed by atoms with Crippen molar-refractivity contribution in [3.8, 4) is 0 Å². The van der Waals surface area contributed by atoms with Gasteiger partial charge in [-0.2, -0.15) is 0 Å². The first kappa shape index (κ1) is 9.37. The smallest absolute Gasteiger partial charge is 0.0729 e. The van der Waals surface area contributed by atoms with Crippen LogP contribution in [0.1, 0.15) is 30.9 Å².